The topological polar surface area (TPSA) is 62.5 Å². The van der Waals surface area contributed by atoms with Crippen molar-refractivity contribution in [1.82, 2.24) is 0 Å². The van der Waals surface area contributed by atoms with E-state index < -0.39 is 6.10 Å². The minimum atomic E-state index is -0.617. The van der Waals surface area contributed by atoms with Gasteiger partial charge in [-0.1, -0.05) is 12.1 Å². The zero-order valence-electron chi connectivity index (χ0n) is 9.93. The van der Waals surface area contributed by atoms with E-state index in [1.54, 1.807) is 12.1 Å². The van der Waals surface area contributed by atoms with E-state index in [1.165, 1.54) is 0 Å². The molecule has 92 valence electrons. The smallest absolute Gasteiger partial charge is 0.119 e. The van der Waals surface area contributed by atoms with Crippen LogP contribution in [0.4, 0.5) is 0 Å². The summed E-state index contributed by atoms with van der Waals surface area (Å²) in [6, 6.07) is 9.34. The lowest BCUT2D eigenvalue weighted by Gasteiger charge is -2.12. The van der Waals surface area contributed by atoms with Gasteiger partial charge in [0.15, 0.2) is 0 Å². The van der Waals surface area contributed by atoms with E-state index in [9.17, 15) is 5.11 Å². The first-order chi connectivity index (χ1) is 8.26. The van der Waals surface area contributed by atoms with Crippen LogP contribution in [0.15, 0.2) is 24.3 Å². The molecule has 1 N–H and O–H groups in total. The Labute approximate surface area is 101 Å². The van der Waals surface area contributed by atoms with Crippen molar-refractivity contribution in [3.8, 4) is 11.8 Å². The molecule has 0 aliphatic carbocycles. The van der Waals surface area contributed by atoms with Gasteiger partial charge in [-0.3, -0.25) is 0 Å². The van der Waals surface area contributed by atoms with E-state index in [4.69, 9.17) is 14.7 Å². The first-order valence-electron chi connectivity index (χ1n) is 5.60. The summed E-state index contributed by atoms with van der Waals surface area (Å²) in [6.07, 6.45) is -0.221. The molecule has 0 aliphatic heterocycles. The third-order valence-electron chi connectivity index (χ3n) is 2.16. The van der Waals surface area contributed by atoms with Crippen LogP contribution >= 0.6 is 0 Å². The second-order valence-corrected chi connectivity index (χ2v) is 3.60. The molecule has 0 aliphatic rings. The van der Waals surface area contributed by atoms with Crippen LogP contribution < -0.4 is 4.74 Å². The molecule has 0 saturated carbocycles. The Morgan fingerprint density at radius 2 is 2.00 bits per heavy atom. The molecule has 1 rings (SSSR count). The number of ether oxygens (including phenoxy) is 2. The Bertz CT molecular complexity index is 356. The van der Waals surface area contributed by atoms with Gasteiger partial charge in [-0.25, -0.2) is 0 Å². The highest BCUT2D eigenvalue weighted by Gasteiger charge is 2.04. The molecule has 0 radical (unpaired) electrons. The molecule has 1 aromatic rings. The minimum Gasteiger partial charge on any atom is -0.491 e. The second kappa shape index (κ2) is 7.66. The van der Waals surface area contributed by atoms with Gasteiger partial charge in [0, 0.05) is 6.61 Å². The summed E-state index contributed by atoms with van der Waals surface area (Å²) in [5.41, 5.74) is 0.953. The molecule has 0 fully saturated rings. The fourth-order valence-electron chi connectivity index (χ4n) is 1.29. The summed E-state index contributed by atoms with van der Waals surface area (Å²) in [5, 5.41) is 18.0. The predicted molar refractivity (Wildman–Crippen MR) is 63.8 cm³/mol. The number of nitriles is 1. The van der Waals surface area contributed by atoms with E-state index in [1.807, 2.05) is 19.1 Å². The van der Waals surface area contributed by atoms with Gasteiger partial charge in [-0.05, 0) is 24.6 Å². The normalized spacial score (nSPS) is 11.8. The van der Waals surface area contributed by atoms with Crippen molar-refractivity contribution < 1.29 is 14.6 Å². The molecule has 4 heteroatoms. The van der Waals surface area contributed by atoms with E-state index in [2.05, 4.69) is 6.07 Å². The highest BCUT2D eigenvalue weighted by molar-refractivity contribution is 5.28. The maximum absolute atomic E-state index is 9.49. The van der Waals surface area contributed by atoms with Crippen LogP contribution in [0.2, 0.25) is 0 Å². The van der Waals surface area contributed by atoms with Crippen molar-refractivity contribution in [2.45, 2.75) is 19.4 Å². The molecule has 4 nitrogen and oxygen atoms in total. The molecule has 0 heterocycles. The van der Waals surface area contributed by atoms with Gasteiger partial charge >= 0.3 is 0 Å². The van der Waals surface area contributed by atoms with Gasteiger partial charge in [0.1, 0.15) is 18.5 Å². The molecule has 1 unspecified atom stereocenters. The van der Waals surface area contributed by atoms with Gasteiger partial charge in [-0.2, -0.15) is 5.26 Å². The van der Waals surface area contributed by atoms with E-state index in [0.29, 0.717) is 18.8 Å². The Morgan fingerprint density at radius 1 is 1.29 bits per heavy atom. The first kappa shape index (κ1) is 13.5. The molecule has 0 saturated heterocycles. The second-order valence-electron chi connectivity index (χ2n) is 3.60. The third kappa shape index (κ3) is 5.34. The van der Waals surface area contributed by atoms with Crippen molar-refractivity contribution in [3.63, 3.8) is 0 Å². The van der Waals surface area contributed by atoms with Crippen LogP contribution in [0, 0.1) is 11.3 Å². The van der Waals surface area contributed by atoms with E-state index in [-0.39, 0.29) is 13.2 Å². The summed E-state index contributed by atoms with van der Waals surface area (Å²) in [6.45, 7) is 2.95. The summed E-state index contributed by atoms with van der Waals surface area (Å²) in [4.78, 5) is 0. The molecule has 0 spiro atoms. The lowest BCUT2D eigenvalue weighted by molar-refractivity contribution is 0.0164. The lowest BCUT2D eigenvalue weighted by atomic mass is 10.2. The molecule has 0 aromatic heterocycles. The van der Waals surface area contributed by atoms with Crippen molar-refractivity contribution in [2.75, 3.05) is 19.8 Å². The van der Waals surface area contributed by atoms with Gasteiger partial charge in [-0.15, -0.1) is 0 Å². The maximum Gasteiger partial charge on any atom is 0.119 e. The number of aliphatic hydroxyl groups is 1. The molecular formula is C13H17NO3. The van der Waals surface area contributed by atoms with Crippen LogP contribution in [0.5, 0.6) is 5.75 Å². The Balaban J connectivity index is 2.34. The highest BCUT2D eigenvalue weighted by Crippen LogP contribution is 2.12. The SMILES string of the molecule is CCOCC(O)COc1ccc(CC#N)cc1. The summed E-state index contributed by atoms with van der Waals surface area (Å²) in [5.74, 6) is 0.683. The van der Waals surface area contributed by atoms with E-state index >= 15 is 0 Å². The van der Waals surface area contributed by atoms with Gasteiger partial charge in [0.05, 0.1) is 19.1 Å². The van der Waals surface area contributed by atoms with Crippen molar-refractivity contribution in [2.24, 2.45) is 0 Å². The minimum absolute atomic E-state index is 0.206. The Hall–Kier alpha value is -1.57. The number of nitrogens with zero attached hydrogens (tertiary/aromatic N) is 1. The first-order valence-corrected chi connectivity index (χ1v) is 5.60. The highest BCUT2D eigenvalue weighted by atomic mass is 16.5. The van der Waals surface area contributed by atoms with Crippen LogP contribution in [-0.2, 0) is 11.2 Å². The Kier molecular flexibility index (Phi) is 6.08. The average molecular weight is 235 g/mol. The van der Waals surface area contributed by atoms with Gasteiger partial charge in [0.2, 0.25) is 0 Å². The lowest BCUT2D eigenvalue weighted by Crippen LogP contribution is -2.23. The quantitative estimate of drug-likeness (QED) is 0.778. The average Bonchev–Trinajstić information content (AvgIpc) is 2.36. The van der Waals surface area contributed by atoms with Crippen LogP contribution in [0.1, 0.15) is 12.5 Å². The number of rotatable bonds is 7. The number of hydrogen-bond donors (Lipinski definition) is 1. The summed E-state index contributed by atoms with van der Waals surface area (Å²) in [7, 11) is 0. The number of hydrogen-bond acceptors (Lipinski definition) is 4. The molecule has 17 heavy (non-hydrogen) atoms. The summed E-state index contributed by atoms with van der Waals surface area (Å²) >= 11 is 0. The van der Waals surface area contributed by atoms with E-state index in [0.717, 1.165) is 5.56 Å². The Morgan fingerprint density at radius 3 is 2.59 bits per heavy atom. The molecule has 1 atom stereocenters. The molecule has 0 bridgehead atoms. The predicted octanol–water partition coefficient (Wildman–Crippen LogP) is 1.53. The molecular weight excluding hydrogens is 218 g/mol. The third-order valence-corrected chi connectivity index (χ3v) is 2.16. The molecule has 0 amide bonds. The monoisotopic (exact) mass is 235 g/mol. The number of aliphatic hydroxyl groups excluding tert-OH is 1. The zero-order chi connectivity index (χ0) is 12.5. The number of benzene rings is 1. The summed E-state index contributed by atoms with van der Waals surface area (Å²) < 4.78 is 10.5. The van der Waals surface area contributed by atoms with Crippen molar-refractivity contribution in [3.05, 3.63) is 29.8 Å². The molecule has 1 aromatic carbocycles. The van der Waals surface area contributed by atoms with Crippen LogP contribution in [-0.4, -0.2) is 31.0 Å². The standard InChI is InChI=1S/C13H17NO3/c1-2-16-9-12(15)10-17-13-5-3-11(4-6-13)7-8-14/h3-6,12,15H,2,7,9-10H2,1H3. The van der Waals surface area contributed by atoms with Crippen molar-refractivity contribution in [1.29, 1.82) is 5.26 Å². The van der Waals surface area contributed by atoms with Crippen LogP contribution in [0.25, 0.3) is 0 Å². The van der Waals surface area contributed by atoms with Crippen LogP contribution in [0.3, 0.4) is 0 Å². The zero-order valence-corrected chi connectivity index (χ0v) is 9.93. The van der Waals surface area contributed by atoms with Gasteiger partial charge < -0.3 is 14.6 Å². The van der Waals surface area contributed by atoms with Gasteiger partial charge in [0.25, 0.3) is 0 Å². The maximum atomic E-state index is 9.49. The largest absolute Gasteiger partial charge is 0.491 e. The van der Waals surface area contributed by atoms with Crippen molar-refractivity contribution >= 4 is 0 Å². The fraction of sp³-hybridized carbons (Fsp3) is 0.462. The fourth-order valence-corrected chi connectivity index (χ4v) is 1.29.